The molecule has 0 spiro atoms. The molecule has 11 heavy (non-hydrogen) atoms. The lowest BCUT2D eigenvalue weighted by Gasteiger charge is -2.21. The van der Waals surface area contributed by atoms with Gasteiger partial charge in [-0.3, -0.25) is 0 Å². The molecule has 0 bridgehead atoms. The first-order valence-corrected chi connectivity index (χ1v) is 5.61. The molecule has 68 valence electrons. The fourth-order valence-corrected chi connectivity index (χ4v) is 1.43. The highest BCUT2D eigenvalue weighted by molar-refractivity contribution is 9.09. The fraction of sp³-hybridized carbons (Fsp3) is 1.00. The molecule has 0 atom stereocenters. The Morgan fingerprint density at radius 2 is 2.00 bits per heavy atom. The van der Waals surface area contributed by atoms with Crippen molar-refractivity contribution in [2.24, 2.45) is 5.92 Å². The van der Waals surface area contributed by atoms with Crippen LogP contribution in [0, 0.1) is 5.92 Å². The summed E-state index contributed by atoms with van der Waals surface area (Å²) in [6, 6.07) is 0. The summed E-state index contributed by atoms with van der Waals surface area (Å²) in [5.41, 5.74) is 0. The van der Waals surface area contributed by atoms with Crippen LogP contribution in [0.5, 0.6) is 0 Å². The van der Waals surface area contributed by atoms with E-state index in [1.165, 1.54) is 26.1 Å². The molecular weight excluding hydrogens is 202 g/mol. The van der Waals surface area contributed by atoms with E-state index in [4.69, 9.17) is 0 Å². The van der Waals surface area contributed by atoms with Gasteiger partial charge in [-0.15, -0.1) is 0 Å². The highest BCUT2D eigenvalue weighted by Gasteiger charge is 2.02. The van der Waals surface area contributed by atoms with Crippen molar-refractivity contribution in [1.82, 2.24) is 4.90 Å². The third kappa shape index (κ3) is 6.82. The molecule has 0 fully saturated rings. The molecule has 0 aromatic heterocycles. The Labute approximate surface area is 79.3 Å². The van der Waals surface area contributed by atoms with Crippen LogP contribution in [0.4, 0.5) is 0 Å². The van der Waals surface area contributed by atoms with Crippen molar-refractivity contribution >= 4 is 15.9 Å². The van der Waals surface area contributed by atoms with E-state index in [2.05, 4.69) is 41.6 Å². The van der Waals surface area contributed by atoms with Gasteiger partial charge in [-0.2, -0.15) is 0 Å². The maximum atomic E-state index is 3.45. The van der Waals surface area contributed by atoms with E-state index < -0.39 is 0 Å². The smallest absolute Gasteiger partial charge is 0.00434 e. The first-order valence-electron chi connectivity index (χ1n) is 4.49. The van der Waals surface area contributed by atoms with Gasteiger partial charge in [-0.05, 0) is 25.4 Å². The van der Waals surface area contributed by atoms with E-state index in [9.17, 15) is 0 Å². The molecular formula is C9H20BrN. The summed E-state index contributed by atoms with van der Waals surface area (Å²) in [6.45, 7) is 10.4. The van der Waals surface area contributed by atoms with Crippen molar-refractivity contribution in [1.29, 1.82) is 0 Å². The van der Waals surface area contributed by atoms with Crippen molar-refractivity contribution in [2.45, 2.75) is 27.2 Å². The minimum Gasteiger partial charge on any atom is -0.303 e. The van der Waals surface area contributed by atoms with E-state index in [0.717, 1.165) is 11.2 Å². The normalized spacial score (nSPS) is 11.5. The second-order valence-corrected chi connectivity index (χ2v) is 4.12. The number of hydrogen-bond donors (Lipinski definition) is 0. The van der Waals surface area contributed by atoms with Crippen molar-refractivity contribution in [2.75, 3.05) is 25.0 Å². The summed E-state index contributed by atoms with van der Waals surface area (Å²) in [5, 5.41) is 1.13. The monoisotopic (exact) mass is 221 g/mol. The van der Waals surface area contributed by atoms with Crippen LogP contribution in [-0.2, 0) is 0 Å². The van der Waals surface area contributed by atoms with E-state index >= 15 is 0 Å². The quantitative estimate of drug-likeness (QED) is 0.624. The van der Waals surface area contributed by atoms with Crippen LogP contribution in [0.15, 0.2) is 0 Å². The molecule has 0 amide bonds. The number of nitrogens with zero attached hydrogens (tertiary/aromatic N) is 1. The van der Waals surface area contributed by atoms with E-state index in [1.54, 1.807) is 0 Å². The van der Waals surface area contributed by atoms with Crippen molar-refractivity contribution in [3.63, 3.8) is 0 Å². The molecule has 0 radical (unpaired) electrons. The van der Waals surface area contributed by atoms with Gasteiger partial charge in [0.25, 0.3) is 0 Å². The molecule has 0 rings (SSSR count). The van der Waals surface area contributed by atoms with Gasteiger partial charge in [0.05, 0.1) is 0 Å². The third-order valence-electron chi connectivity index (χ3n) is 1.68. The molecule has 0 saturated heterocycles. The van der Waals surface area contributed by atoms with E-state index in [-0.39, 0.29) is 0 Å². The largest absolute Gasteiger partial charge is 0.303 e. The highest BCUT2D eigenvalue weighted by Crippen LogP contribution is 2.00. The minimum atomic E-state index is 0.797. The minimum absolute atomic E-state index is 0.797. The predicted molar refractivity (Wildman–Crippen MR) is 55.4 cm³/mol. The average molecular weight is 222 g/mol. The van der Waals surface area contributed by atoms with Gasteiger partial charge in [0.1, 0.15) is 0 Å². The zero-order valence-corrected chi connectivity index (χ0v) is 9.52. The van der Waals surface area contributed by atoms with Crippen molar-refractivity contribution in [3.05, 3.63) is 0 Å². The molecule has 2 heteroatoms. The molecule has 0 aliphatic rings. The Balaban J connectivity index is 3.41. The van der Waals surface area contributed by atoms with Crippen LogP contribution in [0.2, 0.25) is 0 Å². The molecule has 1 nitrogen and oxygen atoms in total. The summed E-state index contributed by atoms with van der Waals surface area (Å²) in [7, 11) is 0. The third-order valence-corrected chi connectivity index (χ3v) is 2.24. The number of alkyl halides is 1. The number of halogens is 1. The lowest BCUT2D eigenvalue weighted by molar-refractivity contribution is 0.258. The molecule has 0 N–H and O–H groups in total. The predicted octanol–water partition coefficient (Wildman–Crippen LogP) is 2.75. The summed E-state index contributed by atoms with van der Waals surface area (Å²) < 4.78 is 0. The summed E-state index contributed by atoms with van der Waals surface area (Å²) in [4.78, 5) is 2.51. The molecule has 0 aliphatic heterocycles. The molecule has 0 heterocycles. The van der Waals surface area contributed by atoms with Crippen molar-refractivity contribution in [3.8, 4) is 0 Å². The molecule has 0 unspecified atom stereocenters. The van der Waals surface area contributed by atoms with Gasteiger partial charge in [0, 0.05) is 11.9 Å². The second-order valence-electron chi connectivity index (χ2n) is 3.33. The van der Waals surface area contributed by atoms with Crippen LogP contribution in [-0.4, -0.2) is 29.9 Å². The van der Waals surface area contributed by atoms with Gasteiger partial charge < -0.3 is 4.90 Å². The fourth-order valence-electron chi connectivity index (χ4n) is 1.18. The molecule has 0 aromatic rings. The maximum Gasteiger partial charge on any atom is 0.00434 e. The lowest BCUT2D eigenvalue weighted by atomic mass is 10.2. The Morgan fingerprint density at radius 3 is 2.36 bits per heavy atom. The lowest BCUT2D eigenvalue weighted by Crippen LogP contribution is -2.28. The van der Waals surface area contributed by atoms with Gasteiger partial charge in [0.2, 0.25) is 0 Å². The maximum absolute atomic E-state index is 3.45. The van der Waals surface area contributed by atoms with Crippen LogP contribution in [0.25, 0.3) is 0 Å². The van der Waals surface area contributed by atoms with Gasteiger partial charge in [-0.25, -0.2) is 0 Å². The number of hydrogen-bond acceptors (Lipinski definition) is 1. The van der Waals surface area contributed by atoms with E-state index in [0.29, 0.717) is 0 Å². The Kier molecular flexibility index (Phi) is 7.39. The first kappa shape index (κ1) is 11.4. The molecule has 0 aliphatic carbocycles. The molecule has 0 aromatic carbocycles. The topological polar surface area (TPSA) is 3.24 Å². The summed E-state index contributed by atoms with van der Waals surface area (Å²) in [5.74, 6) is 0.797. The zero-order chi connectivity index (χ0) is 8.69. The Morgan fingerprint density at radius 1 is 1.36 bits per heavy atom. The summed E-state index contributed by atoms with van der Waals surface area (Å²) >= 11 is 3.45. The zero-order valence-electron chi connectivity index (χ0n) is 7.94. The van der Waals surface area contributed by atoms with Gasteiger partial charge >= 0.3 is 0 Å². The van der Waals surface area contributed by atoms with E-state index in [1.807, 2.05) is 0 Å². The second kappa shape index (κ2) is 7.11. The standard InChI is InChI=1S/C9H20BrN/c1-4-11(7-5-6-10)8-9(2)3/h9H,4-8H2,1-3H3. The average Bonchev–Trinajstić information content (AvgIpc) is 1.97. The summed E-state index contributed by atoms with van der Waals surface area (Å²) in [6.07, 6.45) is 1.26. The van der Waals surface area contributed by atoms with Crippen LogP contribution < -0.4 is 0 Å². The van der Waals surface area contributed by atoms with Gasteiger partial charge in [0.15, 0.2) is 0 Å². The first-order chi connectivity index (χ1) is 5.20. The number of rotatable bonds is 6. The van der Waals surface area contributed by atoms with Crippen LogP contribution >= 0.6 is 15.9 Å². The van der Waals surface area contributed by atoms with Gasteiger partial charge in [-0.1, -0.05) is 36.7 Å². The SMILES string of the molecule is CCN(CCCBr)CC(C)C. The van der Waals surface area contributed by atoms with Crippen molar-refractivity contribution < 1.29 is 0 Å². The Bertz CT molecular complexity index is 83.6. The molecule has 0 saturated carbocycles. The van der Waals surface area contributed by atoms with Crippen LogP contribution in [0.1, 0.15) is 27.2 Å². The highest BCUT2D eigenvalue weighted by atomic mass is 79.9. The Hall–Kier alpha value is 0.440. The van der Waals surface area contributed by atoms with Crippen LogP contribution in [0.3, 0.4) is 0 Å².